The number of hydrogen-bond acceptors (Lipinski definition) is 7. The zero-order chi connectivity index (χ0) is 20.3. The van der Waals surface area contributed by atoms with Crippen molar-refractivity contribution in [1.29, 1.82) is 0 Å². The lowest BCUT2D eigenvalue weighted by molar-refractivity contribution is 0.263. The number of guanidine groups is 1. The molecule has 0 saturated carbocycles. The molecule has 0 radical (unpaired) electrons. The predicted molar refractivity (Wildman–Crippen MR) is 129 cm³/mol. The van der Waals surface area contributed by atoms with E-state index < -0.39 is 0 Å². The monoisotopic (exact) mass is 528 g/mol. The average Bonchev–Trinajstić information content (AvgIpc) is 3.22. The molecule has 2 aromatic rings. The van der Waals surface area contributed by atoms with Crippen LogP contribution in [0.2, 0.25) is 0 Å². The minimum Gasteiger partial charge on any atom is -0.357 e. The lowest BCUT2D eigenvalue weighted by atomic mass is 10.3. The van der Waals surface area contributed by atoms with Gasteiger partial charge in [0.05, 0.1) is 6.54 Å². The first kappa shape index (κ1) is 24.3. The molecular formula is C19H33IN10. The van der Waals surface area contributed by atoms with Crippen molar-refractivity contribution in [3.8, 4) is 0 Å². The summed E-state index contributed by atoms with van der Waals surface area (Å²) in [4.78, 5) is 18.1. The lowest BCUT2D eigenvalue weighted by Crippen LogP contribution is -2.48. The van der Waals surface area contributed by atoms with E-state index in [0.29, 0.717) is 0 Å². The normalized spacial score (nSPS) is 15.0. The minimum atomic E-state index is 0. The van der Waals surface area contributed by atoms with Crippen LogP contribution in [0.4, 0.5) is 5.95 Å². The summed E-state index contributed by atoms with van der Waals surface area (Å²) in [6.07, 6.45) is 6.26. The summed E-state index contributed by atoms with van der Waals surface area (Å²) in [6, 6.07) is 1.85. The Morgan fingerprint density at radius 3 is 2.53 bits per heavy atom. The quantitative estimate of drug-likeness (QED) is 0.278. The molecule has 11 heteroatoms. The van der Waals surface area contributed by atoms with Gasteiger partial charge in [0.15, 0.2) is 5.96 Å². The second-order valence-electron chi connectivity index (χ2n) is 6.86. The lowest BCUT2D eigenvalue weighted by Gasteiger charge is -2.34. The summed E-state index contributed by atoms with van der Waals surface area (Å²) in [5.74, 6) is 2.69. The molecule has 0 aliphatic carbocycles. The van der Waals surface area contributed by atoms with E-state index in [-0.39, 0.29) is 24.0 Å². The molecule has 3 heterocycles. The molecule has 0 aromatic carbocycles. The van der Waals surface area contributed by atoms with Crippen LogP contribution in [0.3, 0.4) is 0 Å². The molecule has 1 aliphatic heterocycles. The molecule has 166 valence electrons. The Labute approximate surface area is 195 Å². The predicted octanol–water partition coefficient (Wildman–Crippen LogP) is 0.626. The van der Waals surface area contributed by atoms with E-state index in [1.807, 2.05) is 6.07 Å². The molecule has 0 spiro atoms. The highest BCUT2D eigenvalue weighted by Gasteiger charge is 2.18. The molecular weight excluding hydrogens is 495 g/mol. The summed E-state index contributed by atoms with van der Waals surface area (Å²) >= 11 is 0. The smallest absolute Gasteiger partial charge is 0.225 e. The Morgan fingerprint density at radius 1 is 1.07 bits per heavy atom. The number of nitrogens with zero attached hydrogens (tertiary/aromatic N) is 8. The first-order valence-corrected chi connectivity index (χ1v) is 10.4. The van der Waals surface area contributed by atoms with Gasteiger partial charge in [-0.25, -0.2) is 9.97 Å². The number of rotatable bonds is 9. The van der Waals surface area contributed by atoms with Crippen molar-refractivity contribution >= 4 is 35.9 Å². The molecule has 0 unspecified atom stereocenters. The number of nitrogens with one attached hydrogen (secondary N) is 2. The highest BCUT2D eigenvalue weighted by atomic mass is 127. The number of hydrogen-bond donors (Lipinski definition) is 2. The van der Waals surface area contributed by atoms with Crippen LogP contribution in [0.1, 0.15) is 19.7 Å². The second kappa shape index (κ2) is 13.3. The van der Waals surface area contributed by atoms with Gasteiger partial charge in [-0.15, -0.1) is 34.2 Å². The molecule has 0 atom stereocenters. The molecule has 10 nitrogen and oxygen atoms in total. The van der Waals surface area contributed by atoms with Crippen LogP contribution in [-0.4, -0.2) is 87.9 Å². The fraction of sp³-hybridized carbons (Fsp3) is 0.632. The number of halogens is 1. The summed E-state index contributed by atoms with van der Waals surface area (Å²) in [7, 11) is 0. The minimum absolute atomic E-state index is 0. The van der Waals surface area contributed by atoms with Crippen molar-refractivity contribution in [3.05, 3.63) is 30.6 Å². The summed E-state index contributed by atoms with van der Waals surface area (Å²) in [5.41, 5.74) is 0. The van der Waals surface area contributed by atoms with Crippen LogP contribution in [0.25, 0.3) is 0 Å². The maximum absolute atomic E-state index is 4.72. The van der Waals surface area contributed by atoms with Crippen molar-refractivity contribution in [2.24, 2.45) is 4.99 Å². The number of aliphatic imine (C=N–C) groups is 1. The molecule has 0 bridgehead atoms. The molecule has 2 N–H and O–H groups in total. The number of piperazine rings is 1. The number of aryl methyl sites for hydroxylation is 1. The molecule has 1 aliphatic rings. The van der Waals surface area contributed by atoms with Crippen molar-refractivity contribution in [2.45, 2.75) is 26.8 Å². The van der Waals surface area contributed by atoms with Crippen molar-refractivity contribution in [1.82, 2.24) is 40.3 Å². The molecule has 1 fully saturated rings. The highest BCUT2D eigenvalue weighted by Crippen LogP contribution is 2.09. The van der Waals surface area contributed by atoms with E-state index >= 15 is 0 Å². The Hall–Kier alpha value is -2.02. The summed E-state index contributed by atoms with van der Waals surface area (Å²) < 4.78 is 2.08. The van der Waals surface area contributed by atoms with Crippen LogP contribution in [0, 0.1) is 0 Å². The van der Waals surface area contributed by atoms with E-state index in [4.69, 9.17) is 4.99 Å². The van der Waals surface area contributed by atoms with Crippen LogP contribution < -0.4 is 15.5 Å². The Kier molecular flexibility index (Phi) is 10.8. The fourth-order valence-corrected chi connectivity index (χ4v) is 3.31. The molecule has 30 heavy (non-hydrogen) atoms. The zero-order valence-electron chi connectivity index (χ0n) is 17.9. The van der Waals surface area contributed by atoms with E-state index in [2.05, 4.69) is 59.0 Å². The van der Waals surface area contributed by atoms with E-state index in [1.54, 1.807) is 18.7 Å². The zero-order valence-corrected chi connectivity index (χ0v) is 20.2. The van der Waals surface area contributed by atoms with Gasteiger partial charge in [-0.1, -0.05) is 6.92 Å². The van der Waals surface area contributed by atoms with Crippen LogP contribution >= 0.6 is 24.0 Å². The standard InChI is InChI=1S/C19H32N10.HI/c1-3-17-26-25-16-29(17)11-9-22-18(20-4-2)21-8-10-27-12-14-28(15-13-27)19-23-6-5-7-24-19;/h5-7,16H,3-4,8-15H2,1-2H3,(H2,20,21,22);1H. The third kappa shape index (κ3) is 7.35. The Morgan fingerprint density at radius 2 is 1.83 bits per heavy atom. The van der Waals surface area contributed by atoms with Crippen LogP contribution in [0.15, 0.2) is 29.8 Å². The summed E-state index contributed by atoms with van der Waals surface area (Å²) in [6.45, 7) is 12.2. The van der Waals surface area contributed by atoms with Gasteiger partial charge in [-0.3, -0.25) is 9.89 Å². The maximum Gasteiger partial charge on any atom is 0.225 e. The second-order valence-corrected chi connectivity index (χ2v) is 6.86. The van der Waals surface area contributed by atoms with Crippen molar-refractivity contribution in [2.75, 3.05) is 57.3 Å². The first-order chi connectivity index (χ1) is 14.3. The van der Waals surface area contributed by atoms with Crippen molar-refractivity contribution in [3.63, 3.8) is 0 Å². The van der Waals surface area contributed by atoms with E-state index in [9.17, 15) is 0 Å². The van der Waals surface area contributed by atoms with Crippen molar-refractivity contribution < 1.29 is 0 Å². The maximum atomic E-state index is 4.72. The fourth-order valence-electron chi connectivity index (χ4n) is 3.31. The van der Waals surface area contributed by atoms with Crippen LogP contribution in [0.5, 0.6) is 0 Å². The first-order valence-electron chi connectivity index (χ1n) is 10.4. The number of anilines is 1. The third-order valence-electron chi connectivity index (χ3n) is 4.89. The molecule has 3 rings (SSSR count). The largest absolute Gasteiger partial charge is 0.357 e. The SMILES string of the molecule is CCNC(=NCCN1CCN(c2ncccn2)CC1)NCCn1cnnc1CC.I. The highest BCUT2D eigenvalue weighted by molar-refractivity contribution is 14.0. The van der Waals surface area contributed by atoms with Gasteiger partial charge in [-0.05, 0) is 13.0 Å². The molecule has 1 saturated heterocycles. The molecule has 0 amide bonds. The van der Waals surface area contributed by atoms with E-state index in [1.165, 1.54) is 0 Å². The van der Waals surface area contributed by atoms with Gasteiger partial charge in [0, 0.05) is 71.2 Å². The number of aromatic nitrogens is 5. The van der Waals surface area contributed by atoms with Gasteiger partial charge < -0.3 is 20.1 Å². The van der Waals surface area contributed by atoms with Gasteiger partial charge in [0.1, 0.15) is 12.2 Å². The Balaban J connectivity index is 0.00000320. The topological polar surface area (TPSA) is 99.4 Å². The average molecular weight is 528 g/mol. The van der Waals surface area contributed by atoms with Gasteiger partial charge in [-0.2, -0.15) is 0 Å². The molecule has 2 aromatic heterocycles. The Bertz CT molecular complexity index is 743. The third-order valence-corrected chi connectivity index (χ3v) is 4.89. The van der Waals surface area contributed by atoms with E-state index in [0.717, 1.165) is 83.1 Å². The van der Waals surface area contributed by atoms with Crippen LogP contribution in [-0.2, 0) is 13.0 Å². The van der Waals surface area contributed by atoms with Gasteiger partial charge >= 0.3 is 0 Å². The van der Waals surface area contributed by atoms with Gasteiger partial charge in [0.25, 0.3) is 0 Å². The summed E-state index contributed by atoms with van der Waals surface area (Å²) in [5, 5.41) is 14.8. The van der Waals surface area contributed by atoms with Gasteiger partial charge in [0.2, 0.25) is 5.95 Å².